The number of aliphatic hydroxyl groups is 1. The molecule has 0 radical (unpaired) electrons. The molecule has 1 aromatic heterocycles. The van der Waals surface area contributed by atoms with E-state index in [1.165, 1.54) is 30.0 Å². The molecule has 3 aromatic rings. The van der Waals surface area contributed by atoms with Gasteiger partial charge in [0.15, 0.2) is 5.16 Å². The van der Waals surface area contributed by atoms with Gasteiger partial charge in [-0.25, -0.2) is 9.37 Å². The highest BCUT2D eigenvalue weighted by Crippen LogP contribution is 2.31. The lowest BCUT2D eigenvalue weighted by atomic mass is 10.1. The second-order valence-electron chi connectivity index (χ2n) is 5.91. The highest BCUT2D eigenvalue weighted by atomic mass is 32.2. The number of alkyl halides is 3. The summed E-state index contributed by atoms with van der Waals surface area (Å²) in [4.78, 5) is 4.31. The number of benzene rings is 2. The number of nitrogens with zero attached hydrogens (tertiary/aromatic N) is 2. The van der Waals surface area contributed by atoms with Crippen LogP contribution in [0.2, 0.25) is 0 Å². The quantitative estimate of drug-likeness (QED) is 0.477. The van der Waals surface area contributed by atoms with E-state index < -0.39 is 11.7 Å². The minimum Gasteiger partial charge on any atom is -0.390 e. The molecule has 3 nitrogen and oxygen atoms in total. The zero-order valence-electron chi connectivity index (χ0n) is 14.1. The number of halogens is 4. The van der Waals surface area contributed by atoms with Crippen molar-refractivity contribution < 1.29 is 22.7 Å². The summed E-state index contributed by atoms with van der Waals surface area (Å²) in [5, 5.41) is 9.90. The van der Waals surface area contributed by atoms with Crippen molar-refractivity contribution in [3.8, 4) is 0 Å². The maximum Gasteiger partial charge on any atom is 0.416 e. The van der Waals surface area contributed by atoms with Crippen molar-refractivity contribution in [3.05, 3.63) is 82.9 Å². The Hall–Kier alpha value is -2.32. The molecular weight excluding hydrogens is 380 g/mol. The summed E-state index contributed by atoms with van der Waals surface area (Å²) < 4.78 is 53.4. The second kappa shape index (κ2) is 8.14. The van der Waals surface area contributed by atoms with E-state index in [2.05, 4.69) is 4.98 Å². The van der Waals surface area contributed by atoms with Crippen molar-refractivity contribution in [1.82, 2.24) is 9.55 Å². The van der Waals surface area contributed by atoms with E-state index >= 15 is 0 Å². The topological polar surface area (TPSA) is 38.0 Å². The molecule has 0 aliphatic carbocycles. The van der Waals surface area contributed by atoms with Gasteiger partial charge < -0.3 is 9.67 Å². The summed E-state index contributed by atoms with van der Waals surface area (Å²) in [5.74, 6) is -0.0329. The summed E-state index contributed by atoms with van der Waals surface area (Å²) in [6, 6.07) is 11.2. The highest BCUT2D eigenvalue weighted by Gasteiger charge is 2.30. The molecule has 0 aliphatic rings. The van der Waals surface area contributed by atoms with Gasteiger partial charge in [-0.1, -0.05) is 42.1 Å². The first kappa shape index (κ1) is 19.4. The minimum atomic E-state index is -4.38. The molecule has 0 aliphatic heterocycles. The van der Waals surface area contributed by atoms with E-state index in [1.807, 2.05) is 0 Å². The van der Waals surface area contributed by atoms with E-state index in [9.17, 15) is 22.7 Å². The Kier molecular flexibility index (Phi) is 5.86. The molecule has 27 heavy (non-hydrogen) atoms. The number of thioether (sulfide) groups is 1. The summed E-state index contributed by atoms with van der Waals surface area (Å²) in [5.41, 5.74) is 1.14. The Morgan fingerprint density at radius 1 is 1.04 bits per heavy atom. The summed E-state index contributed by atoms with van der Waals surface area (Å²) >= 11 is 1.28. The summed E-state index contributed by atoms with van der Waals surface area (Å²) in [6.07, 6.45) is -2.70. The number of imidazole rings is 1. The third kappa shape index (κ3) is 5.11. The predicted molar refractivity (Wildman–Crippen MR) is 94.7 cm³/mol. The van der Waals surface area contributed by atoms with E-state index in [-0.39, 0.29) is 12.4 Å². The van der Waals surface area contributed by atoms with Crippen molar-refractivity contribution in [1.29, 1.82) is 0 Å². The SMILES string of the molecule is OCc1cn(Cc2ccc(F)cc2)c(SCc2cccc(C(F)(F)F)c2)n1. The second-order valence-corrected chi connectivity index (χ2v) is 6.86. The van der Waals surface area contributed by atoms with E-state index in [0.717, 1.165) is 17.7 Å². The number of rotatable bonds is 6. The first-order chi connectivity index (χ1) is 12.8. The van der Waals surface area contributed by atoms with E-state index in [0.29, 0.717) is 28.7 Å². The highest BCUT2D eigenvalue weighted by molar-refractivity contribution is 7.98. The van der Waals surface area contributed by atoms with Gasteiger partial charge in [0.05, 0.1) is 17.9 Å². The van der Waals surface area contributed by atoms with Crippen LogP contribution in [0.15, 0.2) is 59.9 Å². The van der Waals surface area contributed by atoms with Crippen LogP contribution in [0.5, 0.6) is 0 Å². The molecule has 142 valence electrons. The molecule has 0 saturated carbocycles. The molecule has 1 heterocycles. The van der Waals surface area contributed by atoms with Crippen LogP contribution in [0.1, 0.15) is 22.4 Å². The van der Waals surface area contributed by atoms with Crippen LogP contribution in [0.4, 0.5) is 17.6 Å². The lowest BCUT2D eigenvalue weighted by Crippen LogP contribution is -2.05. The van der Waals surface area contributed by atoms with Crippen LogP contribution in [0.25, 0.3) is 0 Å². The van der Waals surface area contributed by atoms with Crippen molar-refractivity contribution in [2.24, 2.45) is 0 Å². The number of hydrogen-bond acceptors (Lipinski definition) is 3. The number of aliphatic hydroxyl groups excluding tert-OH is 1. The maximum absolute atomic E-state index is 13.1. The summed E-state index contributed by atoms with van der Waals surface area (Å²) in [7, 11) is 0. The number of aromatic nitrogens is 2. The zero-order chi connectivity index (χ0) is 19.4. The van der Waals surface area contributed by atoms with Crippen LogP contribution in [-0.2, 0) is 25.1 Å². The van der Waals surface area contributed by atoms with Gasteiger partial charge >= 0.3 is 6.18 Å². The third-order valence-electron chi connectivity index (χ3n) is 3.84. The molecule has 0 amide bonds. The largest absolute Gasteiger partial charge is 0.416 e. The smallest absolute Gasteiger partial charge is 0.390 e. The lowest BCUT2D eigenvalue weighted by molar-refractivity contribution is -0.137. The first-order valence-electron chi connectivity index (χ1n) is 8.05. The third-order valence-corrected chi connectivity index (χ3v) is 4.90. The van der Waals surface area contributed by atoms with Gasteiger partial charge in [0.1, 0.15) is 5.82 Å². The van der Waals surface area contributed by atoms with Crippen LogP contribution >= 0.6 is 11.8 Å². The monoisotopic (exact) mass is 396 g/mol. The minimum absolute atomic E-state index is 0.243. The lowest BCUT2D eigenvalue weighted by Gasteiger charge is -2.10. The Bertz CT molecular complexity index is 907. The van der Waals surface area contributed by atoms with Crippen LogP contribution in [-0.4, -0.2) is 14.7 Å². The predicted octanol–water partition coefficient (Wildman–Crippen LogP) is 4.87. The normalized spacial score (nSPS) is 11.7. The zero-order valence-corrected chi connectivity index (χ0v) is 14.9. The van der Waals surface area contributed by atoms with Crippen molar-refractivity contribution in [2.75, 3.05) is 0 Å². The average molecular weight is 396 g/mol. The molecule has 0 spiro atoms. The average Bonchev–Trinajstić information content (AvgIpc) is 3.03. The Morgan fingerprint density at radius 2 is 1.78 bits per heavy atom. The number of hydrogen-bond donors (Lipinski definition) is 1. The van der Waals surface area contributed by atoms with Gasteiger partial charge in [-0.15, -0.1) is 0 Å². The molecule has 0 saturated heterocycles. The molecule has 3 rings (SSSR count). The van der Waals surface area contributed by atoms with Crippen LogP contribution in [0, 0.1) is 5.82 Å². The molecule has 0 unspecified atom stereocenters. The Morgan fingerprint density at radius 3 is 2.44 bits per heavy atom. The standard InChI is InChI=1S/C19H16F4N2OS/c20-16-6-4-13(5-7-16)9-25-10-17(11-26)24-18(25)27-12-14-2-1-3-15(8-14)19(21,22)23/h1-8,10,26H,9,11-12H2. The fourth-order valence-corrected chi connectivity index (χ4v) is 3.47. The molecule has 0 bridgehead atoms. The van der Waals surface area contributed by atoms with Crippen LogP contribution < -0.4 is 0 Å². The van der Waals surface area contributed by atoms with Gasteiger partial charge in [0.2, 0.25) is 0 Å². The first-order valence-corrected chi connectivity index (χ1v) is 9.04. The van der Waals surface area contributed by atoms with Crippen molar-refractivity contribution in [2.45, 2.75) is 30.2 Å². The molecule has 2 aromatic carbocycles. The van der Waals surface area contributed by atoms with Crippen LogP contribution in [0.3, 0.4) is 0 Å². The van der Waals surface area contributed by atoms with Crippen molar-refractivity contribution >= 4 is 11.8 Å². The molecular formula is C19H16F4N2OS. The van der Waals surface area contributed by atoms with Crippen molar-refractivity contribution in [3.63, 3.8) is 0 Å². The summed E-state index contributed by atoms with van der Waals surface area (Å²) in [6.45, 7) is 0.172. The Labute approximate surface area is 157 Å². The van der Waals surface area contributed by atoms with Gasteiger partial charge in [0, 0.05) is 18.5 Å². The maximum atomic E-state index is 13.1. The fraction of sp³-hybridized carbons (Fsp3) is 0.211. The Balaban J connectivity index is 1.76. The van der Waals surface area contributed by atoms with Gasteiger partial charge in [-0.05, 0) is 29.3 Å². The molecule has 1 N–H and O–H groups in total. The van der Waals surface area contributed by atoms with Gasteiger partial charge in [-0.2, -0.15) is 13.2 Å². The molecule has 0 fully saturated rings. The van der Waals surface area contributed by atoms with Gasteiger partial charge in [0.25, 0.3) is 0 Å². The molecule has 8 heteroatoms. The fourth-order valence-electron chi connectivity index (χ4n) is 2.53. The van der Waals surface area contributed by atoms with Gasteiger partial charge in [-0.3, -0.25) is 0 Å². The van der Waals surface area contributed by atoms with E-state index in [4.69, 9.17) is 0 Å². The molecule has 0 atom stereocenters. The van der Waals surface area contributed by atoms with E-state index in [1.54, 1.807) is 29.0 Å².